The molecule has 3 aromatic rings. The van der Waals surface area contributed by atoms with Crippen LogP contribution in [0, 0.1) is 11.7 Å². The van der Waals surface area contributed by atoms with Crippen LogP contribution in [0.25, 0.3) is 16.9 Å². The van der Waals surface area contributed by atoms with Gasteiger partial charge >= 0.3 is 0 Å². The smallest absolute Gasteiger partial charge is 0.228 e. The van der Waals surface area contributed by atoms with Gasteiger partial charge in [0, 0.05) is 53.4 Å². The first-order chi connectivity index (χ1) is 14.6. The van der Waals surface area contributed by atoms with E-state index in [0.29, 0.717) is 40.8 Å². The summed E-state index contributed by atoms with van der Waals surface area (Å²) in [6, 6.07) is 10.8. The monoisotopic (exact) mass is 426 g/mol. The minimum absolute atomic E-state index is 0.00274. The Kier molecular flexibility index (Phi) is 5.12. The largest absolute Gasteiger partial charge is 0.309 e. The molecule has 6 nitrogen and oxygen atoms in total. The van der Waals surface area contributed by atoms with Gasteiger partial charge in [0.05, 0.1) is 11.9 Å². The molecule has 2 aliphatic rings. The maximum atomic E-state index is 15.0. The van der Waals surface area contributed by atoms with E-state index in [1.54, 1.807) is 22.7 Å². The number of hydrogen-bond donors (Lipinski definition) is 1. The number of aromatic nitrogens is 2. The van der Waals surface area contributed by atoms with E-state index in [1.165, 1.54) is 0 Å². The van der Waals surface area contributed by atoms with Gasteiger partial charge in [-0.15, -0.1) is 0 Å². The lowest BCUT2D eigenvalue weighted by Gasteiger charge is -2.26. The molecule has 0 atom stereocenters. The summed E-state index contributed by atoms with van der Waals surface area (Å²) >= 11 is 0. The second kappa shape index (κ2) is 7.92. The van der Waals surface area contributed by atoms with E-state index >= 15 is 4.39 Å². The topological polar surface area (TPSA) is 66.7 Å². The predicted molar refractivity (Wildman–Crippen MR) is 115 cm³/mol. The number of pyridine rings is 1. The van der Waals surface area contributed by atoms with Crippen molar-refractivity contribution in [3.05, 3.63) is 54.0 Å². The van der Waals surface area contributed by atoms with E-state index in [9.17, 15) is 9.00 Å². The van der Waals surface area contributed by atoms with Gasteiger partial charge in [0.2, 0.25) is 5.91 Å². The van der Waals surface area contributed by atoms with E-state index in [4.69, 9.17) is 0 Å². The second-order valence-electron chi connectivity index (χ2n) is 7.97. The van der Waals surface area contributed by atoms with Gasteiger partial charge in [-0.3, -0.25) is 18.3 Å². The highest BCUT2D eigenvalue weighted by atomic mass is 32.2. The van der Waals surface area contributed by atoms with Crippen molar-refractivity contribution < 1.29 is 13.4 Å². The van der Waals surface area contributed by atoms with Crippen LogP contribution in [-0.4, -0.2) is 49.0 Å². The van der Waals surface area contributed by atoms with Gasteiger partial charge in [-0.25, -0.2) is 9.37 Å². The minimum atomic E-state index is -0.717. The van der Waals surface area contributed by atoms with Gasteiger partial charge in [-0.05, 0) is 42.7 Å². The quantitative estimate of drug-likeness (QED) is 0.681. The maximum Gasteiger partial charge on any atom is 0.228 e. The number of halogens is 1. The summed E-state index contributed by atoms with van der Waals surface area (Å²) < 4.78 is 28.4. The van der Waals surface area contributed by atoms with Crippen LogP contribution in [0.1, 0.15) is 18.4 Å². The molecule has 8 heteroatoms. The zero-order chi connectivity index (χ0) is 20.7. The average molecular weight is 427 g/mol. The molecular formula is C22H23FN4O2S. The van der Waals surface area contributed by atoms with Crippen LogP contribution in [0.3, 0.4) is 0 Å². The van der Waals surface area contributed by atoms with Crippen LogP contribution in [0.5, 0.6) is 0 Å². The van der Waals surface area contributed by atoms with Crippen molar-refractivity contribution in [2.75, 3.05) is 29.9 Å². The fraction of sp³-hybridized carbons (Fsp3) is 0.364. The van der Waals surface area contributed by atoms with Crippen LogP contribution in [0.2, 0.25) is 0 Å². The normalized spacial score (nSPS) is 18.0. The number of fused-ring (bicyclic) bond motifs is 1. The third kappa shape index (κ3) is 4.02. The Bertz CT molecular complexity index is 1130. The SMILES string of the molecule is O=C(Nc1cn2c(-c3ccc(CN4CCS(=O)CC4)cc3F)cccc2n1)C1CC1. The van der Waals surface area contributed by atoms with Crippen LogP contribution in [0.4, 0.5) is 10.2 Å². The molecule has 156 valence electrons. The van der Waals surface area contributed by atoms with E-state index in [1.807, 2.05) is 24.3 Å². The molecule has 0 radical (unpaired) electrons. The molecule has 0 unspecified atom stereocenters. The Labute approximate surface area is 176 Å². The number of benzene rings is 1. The van der Waals surface area contributed by atoms with Crippen molar-refractivity contribution >= 4 is 28.2 Å². The summed E-state index contributed by atoms with van der Waals surface area (Å²) in [4.78, 5) is 18.7. The summed E-state index contributed by atoms with van der Waals surface area (Å²) in [5, 5.41) is 2.85. The lowest BCUT2D eigenvalue weighted by Crippen LogP contribution is -2.37. The highest BCUT2D eigenvalue weighted by Gasteiger charge is 2.30. The zero-order valence-electron chi connectivity index (χ0n) is 16.5. The molecule has 1 N–H and O–H groups in total. The first-order valence-corrected chi connectivity index (χ1v) is 11.7. The van der Waals surface area contributed by atoms with Gasteiger partial charge in [0.1, 0.15) is 11.5 Å². The van der Waals surface area contributed by atoms with Crippen molar-refractivity contribution in [1.82, 2.24) is 14.3 Å². The first kappa shape index (κ1) is 19.4. The van der Waals surface area contributed by atoms with Crippen LogP contribution in [0.15, 0.2) is 42.6 Å². The number of rotatable bonds is 5. The summed E-state index contributed by atoms with van der Waals surface area (Å²) in [6.45, 7) is 2.21. The zero-order valence-corrected chi connectivity index (χ0v) is 17.3. The Morgan fingerprint density at radius 1 is 1.20 bits per heavy atom. The highest BCUT2D eigenvalue weighted by Crippen LogP contribution is 2.31. The number of anilines is 1. The summed E-state index contributed by atoms with van der Waals surface area (Å²) in [7, 11) is -0.717. The van der Waals surface area contributed by atoms with E-state index in [-0.39, 0.29) is 17.6 Å². The summed E-state index contributed by atoms with van der Waals surface area (Å²) in [5.74, 6) is 1.65. The molecule has 1 aliphatic heterocycles. The average Bonchev–Trinajstić information content (AvgIpc) is 3.50. The van der Waals surface area contributed by atoms with Gasteiger partial charge in [-0.2, -0.15) is 0 Å². The van der Waals surface area contributed by atoms with Crippen LogP contribution in [-0.2, 0) is 22.1 Å². The fourth-order valence-corrected chi connectivity index (χ4v) is 4.95. The molecular weight excluding hydrogens is 403 g/mol. The fourth-order valence-electron chi connectivity index (χ4n) is 3.82. The number of carbonyl (C=O) groups excluding carboxylic acids is 1. The Hall–Kier alpha value is -2.58. The molecule has 1 saturated carbocycles. The van der Waals surface area contributed by atoms with Gasteiger partial charge in [0.15, 0.2) is 5.82 Å². The number of carbonyl (C=O) groups is 1. The molecule has 1 aliphatic carbocycles. The van der Waals surface area contributed by atoms with Gasteiger partial charge < -0.3 is 5.32 Å². The Morgan fingerprint density at radius 2 is 2.00 bits per heavy atom. The molecule has 0 bridgehead atoms. The van der Waals surface area contributed by atoms with E-state index < -0.39 is 10.8 Å². The number of hydrogen-bond acceptors (Lipinski definition) is 4. The molecule has 1 amide bonds. The van der Waals surface area contributed by atoms with Crippen molar-refractivity contribution in [2.24, 2.45) is 5.92 Å². The lowest BCUT2D eigenvalue weighted by atomic mass is 10.1. The first-order valence-electron chi connectivity index (χ1n) is 10.2. The highest BCUT2D eigenvalue weighted by molar-refractivity contribution is 7.85. The predicted octanol–water partition coefficient (Wildman–Crippen LogP) is 3.05. The van der Waals surface area contributed by atoms with E-state index in [2.05, 4.69) is 15.2 Å². The Balaban J connectivity index is 1.39. The number of nitrogens with one attached hydrogen (secondary N) is 1. The Morgan fingerprint density at radius 3 is 2.73 bits per heavy atom. The second-order valence-corrected chi connectivity index (χ2v) is 9.66. The molecule has 2 fully saturated rings. The molecule has 1 saturated heterocycles. The standard InChI is InChI=1S/C22H23FN4O2S/c23-18-12-15(13-26-8-10-30(29)11-9-26)4-7-17(18)19-2-1-3-21-24-20(14-27(19)21)25-22(28)16-5-6-16/h1-4,7,12,14,16H,5-6,8-11,13H2,(H,25,28). The number of imidazole rings is 1. The molecule has 30 heavy (non-hydrogen) atoms. The van der Waals surface area contributed by atoms with Crippen molar-refractivity contribution in [3.63, 3.8) is 0 Å². The van der Waals surface area contributed by atoms with Gasteiger partial charge in [-0.1, -0.05) is 12.1 Å². The molecule has 2 aromatic heterocycles. The van der Waals surface area contributed by atoms with E-state index in [0.717, 1.165) is 31.5 Å². The summed E-state index contributed by atoms with van der Waals surface area (Å²) in [5.41, 5.74) is 2.73. The molecule has 3 heterocycles. The third-order valence-electron chi connectivity index (χ3n) is 5.68. The van der Waals surface area contributed by atoms with Crippen molar-refractivity contribution in [3.8, 4) is 11.3 Å². The third-order valence-corrected chi connectivity index (χ3v) is 6.95. The maximum absolute atomic E-state index is 15.0. The minimum Gasteiger partial charge on any atom is -0.309 e. The number of nitrogens with zero attached hydrogens (tertiary/aromatic N) is 3. The van der Waals surface area contributed by atoms with Crippen molar-refractivity contribution in [1.29, 1.82) is 0 Å². The van der Waals surface area contributed by atoms with Crippen LogP contribution >= 0.6 is 0 Å². The summed E-state index contributed by atoms with van der Waals surface area (Å²) in [6.07, 6.45) is 3.60. The molecule has 0 spiro atoms. The van der Waals surface area contributed by atoms with Crippen LogP contribution < -0.4 is 5.32 Å². The van der Waals surface area contributed by atoms with Crippen molar-refractivity contribution in [2.45, 2.75) is 19.4 Å². The lowest BCUT2D eigenvalue weighted by molar-refractivity contribution is -0.117. The van der Waals surface area contributed by atoms with Gasteiger partial charge in [0.25, 0.3) is 0 Å². The molecule has 5 rings (SSSR count). The molecule has 1 aromatic carbocycles. The number of amides is 1.